The monoisotopic (exact) mass is 886 g/mol. The number of unbranched alkanes of at least 4 members (excludes halogenated alkanes) is 9. The second kappa shape index (κ2) is 22.9. The van der Waals surface area contributed by atoms with Gasteiger partial charge in [0.25, 0.3) is 11.5 Å². The highest BCUT2D eigenvalue weighted by molar-refractivity contribution is 5.99. The Morgan fingerprint density at radius 3 is 1.83 bits per heavy atom. The number of carbonyl (C=O) groups excluding carboxylic acids is 5. The van der Waals surface area contributed by atoms with Crippen LogP contribution in [0, 0.1) is 11.8 Å². The van der Waals surface area contributed by atoms with E-state index in [0.29, 0.717) is 12.1 Å². The number of aromatic nitrogens is 2. The van der Waals surface area contributed by atoms with E-state index in [0.717, 1.165) is 75.3 Å². The lowest BCUT2D eigenvalue weighted by Gasteiger charge is -2.20. The number of likely N-dealkylation sites (tertiary alicyclic amines) is 1. The summed E-state index contributed by atoms with van der Waals surface area (Å²) in [5, 5.41) is 12.4. The molecule has 1 aromatic heterocycles. The van der Waals surface area contributed by atoms with Crippen molar-refractivity contribution in [3.63, 3.8) is 0 Å². The minimum atomic E-state index is -1.01. The van der Waals surface area contributed by atoms with Gasteiger partial charge in [0, 0.05) is 55.5 Å². The fourth-order valence-corrected chi connectivity index (χ4v) is 9.32. The topological polar surface area (TPSA) is 172 Å². The van der Waals surface area contributed by atoms with Gasteiger partial charge in [0.05, 0.1) is 35.6 Å². The number of hydrogen-bond donors (Lipinski definition) is 4. The summed E-state index contributed by atoms with van der Waals surface area (Å²) in [6, 6.07) is 23.7. The van der Waals surface area contributed by atoms with E-state index in [-0.39, 0.29) is 84.6 Å². The van der Waals surface area contributed by atoms with E-state index in [1.807, 2.05) is 36.4 Å². The summed E-state index contributed by atoms with van der Waals surface area (Å²) in [6.45, 7) is 4.71. The van der Waals surface area contributed by atoms with E-state index in [1.165, 1.54) is 41.1 Å². The van der Waals surface area contributed by atoms with Crippen LogP contribution in [-0.2, 0) is 25.7 Å². The summed E-state index contributed by atoms with van der Waals surface area (Å²) in [5.74, 6) is -2.65. The Bertz CT molecular complexity index is 2240. The van der Waals surface area contributed by atoms with E-state index < -0.39 is 29.3 Å². The van der Waals surface area contributed by atoms with Crippen LogP contribution in [0.3, 0.4) is 0 Å². The maximum atomic E-state index is 14.3. The molecule has 1 aliphatic heterocycles. The average Bonchev–Trinajstić information content (AvgIpc) is 4.23. The Balaban J connectivity index is 1.04. The molecule has 7 atom stereocenters. The summed E-state index contributed by atoms with van der Waals surface area (Å²) >= 11 is 0. The molecule has 2 unspecified atom stereocenters. The molecule has 3 aliphatic rings. The number of hydrogen-bond acceptors (Lipinski definition) is 7. The van der Waals surface area contributed by atoms with Gasteiger partial charge in [-0.1, -0.05) is 132 Å². The number of fused-ring (bicyclic) bond motifs is 1. The van der Waals surface area contributed by atoms with Gasteiger partial charge in [0.1, 0.15) is 6.04 Å². The molecule has 13 nitrogen and oxygen atoms in total. The highest BCUT2D eigenvalue weighted by atomic mass is 16.2. The Hall–Kier alpha value is -5.85. The van der Waals surface area contributed by atoms with Crippen LogP contribution in [0.1, 0.15) is 137 Å². The molecular formula is C52H67N7O6. The minimum absolute atomic E-state index is 0.0430. The predicted molar refractivity (Wildman–Crippen MR) is 252 cm³/mol. The highest BCUT2D eigenvalue weighted by Crippen LogP contribution is 2.42. The molecule has 5 amide bonds. The van der Waals surface area contributed by atoms with Crippen LogP contribution >= 0.6 is 0 Å². The third-order valence-electron chi connectivity index (χ3n) is 13.4. The van der Waals surface area contributed by atoms with E-state index in [9.17, 15) is 28.8 Å². The number of nitrogens with zero attached hydrogens (tertiary/aromatic N) is 3. The number of amides is 5. The van der Waals surface area contributed by atoms with Gasteiger partial charge in [0.15, 0.2) is 0 Å². The Labute approximate surface area is 382 Å². The maximum absolute atomic E-state index is 14.3. The van der Waals surface area contributed by atoms with Crippen molar-refractivity contribution in [3.8, 4) is 0 Å². The molecule has 0 radical (unpaired) electrons. The van der Waals surface area contributed by atoms with Crippen LogP contribution in [0.2, 0.25) is 0 Å². The summed E-state index contributed by atoms with van der Waals surface area (Å²) in [4.78, 5) is 89.2. The third kappa shape index (κ3) is 12.7. The van der Waals surface area contributed by atoms with Crippen LogP contribution in [-0.4, -0.2) is 81.7 Å². The fraction of sp³-hybridized carbons (Fsp3) is 0.519. The summed E-state index contributed by atoms with van der Waals surface area (Å²) in [5.41, 5.74) is 2.43. The van der Waals surface area contributed by atoms with Crippen LogP contribution in [0.15, 0.2) is 90.0 Å². The molecule has 2 saturated carbocycles. The lowest BCUT2D eigenvalue weighted by molar-refractivity contribution is -0.133. The molecule has 346 valence electrons. The highest BCUT2D eigenvalue weighted by Gasteiger charge is 2.49. The van der Waals surface area contributed by atoms with E-state index in [4.69, 9.17) is 0 Å². The van der Waals surface area contributed by atoms with Gasteiger partial charge in [-0.15, -0.1) is 0 Å². The van der Waals surface area contributed by atoms with Gasteiger partial charge < -0.3 is 26.2 Å². The Morgan fingerprint density at radius 1 is 0.692 bits per heavy atom. The van der Waals surface area contributed by atoms with Crippen molar-refractivity contribution in [2.24, 2.45) is 11.8 Å². The van der Waals surface area contributed by atoms with Gasteiger partial charge >= 0.3 is 0 Å². The maximum Gasteiger partial charge on any atom is 0.261 e. The molecule has 3 fully saturated rings. The second-order valence-electron chi connectivity index (χ2n) is 18.4. The molecule has 2 heterocycles. The van der Waals surface area contributed by atoms with Crippen LogP contribution in [0.4, 0.5) is 0 Å². The zero-order chi connectivity index (χ0) is 45.7. The Kier molecular flexibility index (Phi) is 16.6. The van der Waals surface area contributed by atoms with E-state index >= 15 is 0 Å². The molecular weight excluding hydrogens is 819 g/mol. The zero-order valence-corrected chi connectivity index (χ0v) is 38.1. The minimum Gasteiger partial charge on any atom is -0.354 e. The van der Waals surface area contributed by atoms with Crippen LogP contribution in [0.25, 0.3) is 10.9 Å². The molecule has 4 N–H and O–H groups in total. The zero-order valence-electron chi connectivity index (χ0n) is 38.1. The van der Waals surface area contributed by atoms with Gasteiger partial charge in [-0.25, -0.2) is 4.98 Å². The molecule has 1 saturated heterocycles. The van der Waals surface area contributed by atoms with Gasteiger partial charge in [-0.2, -0.15) is 0 Å². The van der Waals surface area contributed by atoms with Gasteiger partial charge in [-0.3, -0.25) is 33.3 Å². The molecule has 2 aliphatic carbocycles. The third-order valence-corrected chi connectivity index (χ3v) is 13.4. The lowest BCUT2D eigenvalue weighted by atomic mass is 9.94. The summed E-state index contributed by atoms with van der Waals surface area (Å²) in [6.07, 6.45) is 14.6. The smallest absolute Gasteiger partial charge is 0.261 e. The SMILES string of the molecule is CCCCCCCCCC(=O)NC(Cn1cnc2ccc(C(=O)N3C[C@@H](C(=O)N[C@H]4CC4c4ccccc4)[C@H](C(=O)N[C@H]4C[C@@H]4c4ccccc4)C3)cc2c1=O)C(=O)NCCCCCC. The van der Waals surface area contributed by atoms with Crippen LogP contribution in [0.5, 0.6) is 0 Å². The van der Waals surface area contributed by atoms with Crippen molar-refractivity contribution in [1.29, 1.82) is 0 Å². The van der Waals surface area contributed by atoms with E-state index in [1.54, 1.807) is 12.1 Å². The molecule has 13 heteroatoms. The molecule has 7 rings (SSSR count). The largest absolute Gasteiger partial charge is 0.354 e. The molecule has 0 bridgehead atoms. The predicted octanol–water partition coefficient (Wildman–Crippen LogP) is 6.75. The number of benzene rings is 3. The standard InChI is InChI=1S/C52H67N7O6/c1-3-5-7-9-10-11-18-24-47(60)55-46(50(63)53-27-19-8-6-4-2)33-59-34-54-43-26-25-37(28-40(43)52(59)65)51(64)58-31-41(48(61)56-44-29-38(44)35-20-14-12-15-21-35)42(32-58)49(62)57-45-30-39(45)36-22-16-13-17-23-36/h12-17,20-23,25-26,28,34,38-39,41-42,44-46H,3-11,18-19,24,27,29-33H2,1-2H3,(H,53,63)(H,55,60)(H,56,61)(H,57,62)/t38-,39?,41-,42-,44+,45+,46?/m1/s1. The van der Waals surface area contributed by atoms with Gasteiger partial charge in [0.2, 0.25) is 23.6 Å². The number of rotatable bonds is 24. The fourth-order valence-electron chi connectivity index (χ4n) is 9.32. The molecule has 0 spiro atoms. The quantitative estimate of drug-likeness (QED) is 0.0564. The summed E-state index contributed by atoms with van der Waals surface area (Å²) in [7, 11) is 0. The van der Waals surface area contributed by atoms with Crippen molar-refractivity contribution >= 4 is 40.4 Å². The summed E-state index contributed by atoms with van der Waals surface area (Å²) < 4.78 is 1.31. The van der Waals surface area contributed by atoms with Crippen molar-refractivity contribution in [2.45, 2.75) is 140 Å². The normalized spacial score (nSPS) is 21.4. The Morgan fingerprint density at radius 2 is 1.25 bits per heavy atom. The lowest BCUT2D eigenvalue weighted by Crippen LogP contribution is -2.50. The molecule has 65 heavy (non-hydrogen) atoms. The first kappa shape index (κ1) is 47.1. The van der Waals surface area contributed by atoms with Crippen LogP contribution < -0.4 is 26.8 Å². The second-order valence-corrected chi connectivity index (χ2v) is 18.4. The first-order chi connectivity index (χ1) is 31.6. The molecule has 4 aromatic rings. The van der Waals surface area contributed by atoms with Crippen molar-refractivity contribution < 1.29 is 24.0 Å². The van der Waals surface area contributed by atoms with Crippen molar-refractivity contribution in [2.75, 3.05) is 19.6 Å². The molecule has 3 aromatic carbocycles. The van der Waals surface area contributed by atoms with E-state index in [2.05, 4.69) is 64.4 Å². The first-order valence-corrected chi connectivity index (χ1v) is 24.2. The van der Waals surface area contributed by atoms with Crippen molar-refractivity contribution in [3.05, 3.63) is 112 Å². The van der Waals surface area contributed by atoms with Crippen molar-refractivity contribution in [1.82, 2.24) is 35.7 Å². The number of nitrogens with one attached hydrogen (secondary N) is 4. The first-order valence-electron chi connectivity index (χ1n) is 24.2. The number of carbonyl (C=O) groups is 5. The van der Waals surface area contributed by atoms with Gasteiger partial charge in [-0.05, 0) is 55.0 Å². The average molecular weight is 886 g/mol.